The first-order valence-corrected chi connectivity index (χ1v) is 20.4. The second kappa shape index (κ2) is 15.7. The zero-order valence-electron chi connectivity index (χ0n) is 31.7. The Kier molecular flexibility index (Phi) is 11.3. The lowest BCUT2D eigenvalue weighted by molar-refractivity contribution is -0.142. The number of likely N-dealkylation sites (tertiary alicyclic amines) is 1. The third-order valence-corrected chi connectivity index (χ3v) is 13.4. The second-order valence-corrected chi connectivity index (χ2v) is 18.3. The Labute approximate surface area is 320 Å². The quantitative estimate of drug-likeness (QED) is 0.134. The average Bonchev–Trinajstić information content (AvgIpc) is 3.40. The highest BCUT2D eigenvalue weighted by Gasteiger charge is 2.66. The molecule has 1 aromatic heterocycles. The number of methoxy groups -OCH3 is 1. The fourth-order valence-corrected chi connectivity index (χ4v) is 9.77. The third kappa shape index (κ3) is 8.50. The number of amides is 4. The van der Waals surface area contributed by atoms with E-state index in [1.54, 1.807) is 40.0 Å². The highest BCUT2D eigenvalue weighted by Crippen LogP contribution is 2.69. The molecule has 0 spiro atoms. The van der Waals surface area contributed by atoms with Crippen LogP contribution in [0.2, 0.25) is 0 Å². The number of primary amides is 1. The molecule has 55 heavy (non-hydrogen) atoms. The van der Waals surface area contributed by atoms with Gasteiger partial charge in [0, 0.05) is 35.4 Å². The third-order valence-electron chi connectivity index (χ3n) is 10.7. The Morgan fingerprint density at radius 1 is 1.11 bits per heavy atom. The SMILES string of the molecule is C=C[C@@H]1C[C@]1(NC(=O)[C@@H]1C[C@@H](Oc2cc(-c3ccccc3)nc3cc(OC)ccc23)CN1C(=O)C(NC(=O)OC1CCCC1)C(C)(C)C)P(=O)(O)CC(N)=O. The molecule has 3 aliphatic rings. The van der Waals surface area contributed by atoms with Gasteiger partial charge in [0.05, 0.1) is 24.9 Å². The molecule has 6 atom stereocenters. The predicted octanol–water partition coefficient (Wildman–Crippen LogP) is 5.12. The Morgan fingerprint density at radius 3 is 2.44 bits per heavy atom. The number of benzene rings is 2. The summed E-state index contributed by atoms with van der Waals surface area (Å²) in [5.41, 5.74) is 6.60. The molecule has 2 unspecified atom stereocenters. The van der Waals surface area contributed by atoms with Crippen LogP contribution in [0.25, 0.3) is 22.2 Å². The highest BCUT2D eigenvalue weighted by molar-refractivity contribution is 7.61. The van der Waals surface area contributed by atoms with Gasteiger partial charge in [0.15, 0.2) is 0 Å². The van der Waals surface area contributed by atoms with Gasteiger partial charge in [0.1, 0.15) is 47.2 Å². The number of carbonyl (C=O) groups excluding carboxylic acids is 4. The van der Waals surface area contributed by atoms with E-state index in [9.17, 15) is 28.6 Å². The maximum atomic E-state index is 14.7. The Bertz CT molecular complexity index is 2010. The van der Waals surface area contributed by atoms with Crippen LogP contribution in [-0.4, -0.2) is 88.0 Å². The van der Waals surface area contributed by atoms with Crippen molar-refractivity contribution < 1.29 is 42.8 Å². The van der Waals surface area contributed by atoms with Crippen molar-refractivity contribution in [2.24, 2.45) is 17.1 Å². The predicted molar refractivity (Wildman–Crippen MR) is 206 cm³/mol. The Morgan fingerprint density at radius 2 is 1.82 bits per heavy atom. The van der Waals surface area contributed by atoms with Gasteiger partial charge in [0.25, 0.3) is 0 Å². The maximum absolute atomic E-state index is 14.7. The highest BCUT2D eigenvalue weighted by atomic mass is 31.2. The van der Waals surface area contributed by atoms with Crippen molar-refractivity contribution in [3.05, 3.63) is 67.3 Å². The fourth-order valence-electron chi connectivity index (χ4n) is 7.67. The number of alkyl carbamates (subject to hydrolysis) is 1. The molecule has 294 valence electrons. The van der Waals surface area contributed by atoms with Crippen LogP contribution in [0.1, 0.15) is 59.3 Å². The molecule has 2 aromatic carbocycles. The molecule has 1 aliphatic heterocycles. The summed E-state index contributed by atoms with van der Waals surface area (Å²) >= 11 is 0. The van der Waals surface area contributed by atoms with Gasteiger partial charge in [-0.1, -0.05) is 57.2 Å². The van der Waals surface area contributed by atoms with Crippen LogP contribution in [0, 0.1) is 11.3 Å². The topological polar surface area (TPSA) is 199 Å². The van der Waals surface area contributed by atoms with Gasteiger partial charge in [-0.3, -0.25) is 18.9 Å². The Balaban J connectivity index is 1.35. The number of hydrogen-bond donors (Lipinski definition) is 4. The average molecular weight is 776 g/mol. The number of nitrogens with one attached hydrogen (secondary N) is 2. The molecule has 0 radical (unpaired) electrons. The van der Waals surface area contributed by atoms with Gasteiger partial charge >= 0.3 is 6.09 Å². The fraction of sp³-hybridized carbons (Fsp3) is 0.475. The molecule has 15 heteroatoms. The van der Waals surface area contributed by atoms with E-state index in [0.29, 0.717) is 28.1 Å². The summed E-state index contributed by atoms with van der Waals surface area (Å²) in [5.74, 6) is -1.79. The van der Waals surface area contributed by atoms with Crippen molar-refractivity contribution in [3.63, 3.8) is 0 Å². The number of aromatic nitrogens is 1. The van der Waals surface area contributed by atoms with E-state index in [2.05, 4.69) is 17.2 Å². The van der Waals surface area contributed by atoms with Crippen molar-refractivity contribution in [1.82, 2.24) is 20.5 Å². The van der Waals surface area contributed by atoms with E-state index in [0.717, 1.165) is 31.2 Å². The van der Waals surface area contributed by atoms with E-state index in [4.69, 9.17) is 24.9 Å². The van der Waals surface area contributed by atoms with Crippen LogP contribution in [0.3, 0.4) is 0 Å². The number of nitrogens with zero attached hydrogens (tertiary/aromatic N) is 2. The van der Waals surface area contributed by atoms with Gasteiger partial charge in [-0.2, -0.15) is 0 Å². The van der Waals surface area contributed by atoms with E-state index < -0.39 is 72.1 Å². The number of rotatable bonds is 13. The smallest absolute Gasteiger partial charge is 0.408 e. The van der Waals surface area contributed by atoms with Crippen molar-refractivity contribution in [3.8, 4) is 22.8 Å². The molecule has 3 fully saturated rings. The zero-order valence-corrected chi connectivity index (χ0v) is 32.6. The minimum Gasteiger partial charge on any atom is -0.497 e. The number of ether oxygens (including phenoxy) is 3. The van der Waals surface area contributed by atoms with E-state index in [1.165, 1.54) is 11.0 Å². The molecule has 2 heterocycles. The second-order valence-electron chi connectivity index (χ2n) is 15.8. The summed E-state index contributed by atoms with van der Waals surface area (Å²) in [7, 11) is -2.81. The molecule has 5 N–H and O–H groups in total. The molecule has 14 nitrogen and oxygen atoms in total. The lowest BCUT2D eigenvalue weighted by Crippen LogP contribution is -2.58. The van der Waals surface area contributed by atoms with E-state index in [1.807, 2.05) is 42.5 Å². The summed E-state index contributed by atoms with van der Waals surface area (Å²) in [6.45, 7) is 9.09. The molecule has 6 rings (SSSR count). The normalized spacial score (nSPS) is 24.0. The van der Waals surface area contributed by atoms with Crippen molar-refractivity contribution in [2.75, 3.05) is 19.8 Å². The monoisotopic (exact) mass is 775 g/mol. The van der Waals surface area contributed by atoms with Gasteiger partial charge in [-0.25, -0.2) is 9.78 Å². The number of hydrogen-bond acceptors (Lipinski definition) is 9. The standard InChI is InChI=1S/C40H50N5O9P/c1-6-25-21-40(25,55(50,51)23-34(41)46)44-36(47)32-19-28(22-45(32)37(48)35(39(2,3)4)43-38(49)54-26-14-10-11-15-26)53-33-20-30(24-12-8-7-9-13-24)42-31-18-27(52-5)16-17-29(31)33/h6-9,12-13,16-18,20,25-26,28,32,35H,1,10-11,14-15,19,21-23H2,2-5H3,(H2,41,46)(H,43,49)(H,44,47)(H,50,51)/t25-,28-,32+,35?,40+/m1/s1. The number of fused-ring (bicyclic) bond motifs is 1. The van der Waals surface area contributed by atoms with Crippen LogP contribution < -0.4 is 25.8 Å². The molecular formula is C40H50N5O9P. The molecule has 2 aliphatic carbocycles. The first-order chi connectivity index (χ1) is 26.0. The van der Waals surface area contributed by atoms with Gasteiger partial charge in [-0.15, -0.1) is 6.58 Å². The lowest BCUT2D eigenvalue weighted by atomic mass is 9.85. The maximum Gasteiger partial charge on any atom is 0.408 e. The molecule has 0 bridgehead atoms. The Hall–Kier alpha value is -4.94. The summed E-state index contributed by atoms with van der Waals surface area (Å²) in [5, 5.41) is 4.52. The largest absolute Gasteiger partial charge is 0.497 e. The van der Waals surface area contributed by atoms with Gasteiger partial charge < -0.3 is 40.4 Å². The van der Waals surface area contributed by atoms with Gasteiger partial charge in [0.2, 0.25) is 25.1 Å². The summed E-state index contributed by atoms with van der Waals surface area (Å²) in [4.78, 5) is 71.3. The molecule has 2 saturated carbocycles. The molecule has 1 saturated heterocycles. The van der Waals surface area contributed by atoms with Crippen molar-refractivity contribution in [1.29, 1.82) is 0 Å². The zero-order chi connectivity index (χ0) is 39.7. The number of carbonyl (C=O) groups is 4. The minimum atomic E-state index is -4.37. The minimum absolute atomic E-state index is 0.00197. The summed E-state index contributed by atoms with van der Waals surface area (Å²) < 4.78 is 31.4. The van der Waals surface area contributed by atoms with E-state index in [-0.39, 0.29) is 25.5 Å². The first-order valence-electron chi connectivity index (χ1n) is 18.6. The molecule has 3 aromatic rings. The van der Waals surface area contributed by atoms with E-state index >= 15 is 0 Å². The first kappa shape index (κ1) is 39.7. The van der Waals surface area contributed by atoms with Crippen LogP contribution in [0.5, 0.6) is 11.5 Å². The number of pyridine rings is 1. The lowest BCUT2D eigenvalue weighted by Gasteiger charge is -2.35. The summed E-state index contributed by atoms with van der Waals surface area (Å²) in [6.07, 6.45) is 2.38. The van der Waals surface area contributed by atoms with Gasteiger partial charge in [-0.05, 0) is 49.7 Å². The van der Waals surface area contributed by atoms with Crippen molar-refractivity contribution in [2.45, 2.75) is 88.9 Å². The molecular weight excluding hydrogens is 725 g/mol. The van der Waals surface area contributed by atoms with Crippen LogP contribution in [0.15, 0.2) is 67.3 Å². The van der Waals surface area contributed by atoms with Crippen LogP contribution in [0.4, 0.5) is 4.79 Å². The summed E-state index contributed by atoms with van der Waals surface area (Å²) in [6, 6.07) is 14.5. The number of nitrogens with two attached hydrogens (primary N) is 1. The van der Waals surface area contributed by atoms with Crippen molar-refractivity contribution >= 4 is 42.1 Å². The van der Waals surface area contributed by atoms with Crippen LogP contribution >= 0.6 is 7.37 Å². The molecule has 4 amide bonds. The van der Waals surface area contributed by atoms with Crippen LogP contribution in [-0.2, 0) is 23.7 Å².